The predicted octanol–water partition coefficient (Wildman–Crippen LogP) is 1.23. The number of ketones is 1. The summed E-state index contributed by atoms with van der Waals surface area (Å²) >= 11 is 0. The molecule has 1 N–H and O–H groups in total. The molecule has 1 aliphatic heterocycles. The number of piperidine rings is 1. The largest absolute Gasteiger partial charge is 0.388 e. The molecule has 1 heterocycles. The van der Waals surface area contributed by atoms with Gasteiger partial charge in [0.15, 0.2) is 5.78 Å². The lowest BCUT2D eigenvalue weighted by molar-refractivity contribution is -0.112. The highest BCUT2D eigenvalue weighted by molar-refractivity contribution is 5.87. The maximum absolute atomic E-state index is 10.6. The average molecular weight is 139 g/mol. The van der Waals surface area contributed by atoms with Crippen molar-refractivity contribution < 1.29 is 4.79 Å². The monoisotopic (exact) mass is 139 g/mol. The van der Waals surface area contributed by atoms with Crippen LogP contribution in [0.3, 0.4) is 0 Å². The van der Waals surface area contributed by atoms with Crippen molar-refractivity contribution >= 4 is 5.78 Å². The topological polar surface area (TPSA) is 29.1 Å². The molecule has 10 heavy (non-hydrogen) atoms. The van der Waals surface area contributed by atoms with Crippen molar-refractivity contribution in [2.75, 3.05) is 6.54 Å². The summed E-state index contributed by atoms with van der Waals surface area (Å²) in [6.45, 7) is 2.61. The summed E-state index contributed by atoms with van der Waals surface area (Å²) in [6.07, 6.45) is 5.18. The molecule has 0 aromatic heterocycles. The van der Waals surface area contributed by atoms with Crippen LogP contribution in [0, 0.1) is 0 Å². The van der Waals surface area contributed by atoms with Gasteiger partial charge in [0.2, 0.25) is 0 Å². The fourth-order valence-electron chi connectivity index (χ4n) is 1.15. The third-order valence-corrected chi connectivity index (χ3v) is 1.60. The second-order valence-corrected chi connectivity index (χ2v) is 2.66. The predicted molar refractivity (Wildman–Crippen MR) is 40.6 cm³/mol. The summed E-state index contributed by atoms with van der Waals surface area (Å²) < 4.78 is 0. The van der Waals surface area contributed by atoms with Gasteiger partial charge in [-0.05, 0) is 32.3 Å². The van der Waals surface area contributed by atoms with Crippen molar-refractivity contribution in [3.05, 3.63) is 11.8 Å². The first-order valence-electron chi connectivity index (χ1n) is 3.74. The van der Waals surface area contributed by atoms with Gasteiger partial charge in [0.25, 0.3) is 0 Å². The van der Waals surface area contributed by atoms with E-state index in [9.17, 15) is 4.79 Å². The Balaban J connectivity index is 2.45. The SMILES string of the molecule is CC(=O)C=C1CCCCN1. The zero-order valence-corrected chi connectivity index (χ0v) is 6.31. The number of hydrogen-bond donors (Lipinski definition) is 1. The zero-order chi connectivity index (χ0) is 7.40. The van der Waals surface area contributed by atoms with Gasteiger partial charge in [0.05, 0.1) is 0 Å². The minimum Gasteiger partial charge on any atom is -0.388 e. The molecule has 0 bridgehead atoms. The molecule has 0 unspecified atom stereocenters. The Kier molecular flexibility index (Phi) is 2.49. The molecule has 1 saturated heterocycles. The summed E-state index contributed by atoms with van der Waals surface area (Å²) in [5.74, 6) is 0.143. The molecule has 0 saturated carbocycles. The average Bonchev–Trinajstić information content (AvgIpc) is 1.88. The molecule has 0 amide bonds. The molecule has 2 heteroatoms. The number of nitrogens with one attached hydrogen (secondary N) is 1. The molecule has 1 fully saturated rings. The van der Waals surface area contributed by atoms with Gasteiger partial charge in [-0.1, -0.05) is 0 Å². The van der Waals surface area contributed by atoms with Gasteiger partial charge < -0.3 is 5.32 Å². The van der Waals surface area contributed by atoms with Gasteiger partial charge in [-0.3, -0.25) is 4.79 Å². The summed E-state index contributed by atoms with van der Waals surface area (Å²) in [5, 5.41) is 3.19. The second kappa shape index (κ2) is 3.40. The van der Waals surface area contributed by atoms with Crippen molar-refractivity contribution in [3.63, 3.8) is 0 Å². The van der Waals surface area contributed by atoms with Crippen LogP contribution in [0.25, 0.3) is 0 Å². The zero-order valence-electron chi connectivity index (χ0n) is 6.31. The fourth-order valence-corrected chi connectivity index (χ4v) is 1.15. The molecule has 0 radical (unpaired) electrons. The fraction of sp³-hybridized carbons (Fsp3) is 0.625. The highest BCUT2D eigenvalue weighted by atomic mass is 16.1. The summed E-state index contributed by atoms with van der Waals surface area (Å²) in [7, 11) is 0. The van der Waals surface area contributed by atoms with Crippen LogP contribution in [0.1, 0.15) is 26.2 Å². The molecular weight excluding hydrogens is 126 g/mol. The van der Waals surface area contributed by atoms with Crippen LogP contribution in [0.2, 0.25) is 0 Å². The van der Waals surface area contributed by atoms with Crippen molar-refractivity contribution in [1.82, 2.24) is 5.32 Å². The molecule has 1 aliphatic rings. The molecule has 0 aromatic rings. The van der Waals surface area contributed by atoms with Gasteiger partial charge in [0, 0.05) is 12.2 Å². The van der Waals surface area contributed by atoms with Crippen LogP contribution in [-0.2, 0) is 4.79 Å². The van der Waals surface area contributed by atoms with Crippen molar-refractivity contribution in [2.45, 2.75) is 26.2 Å². The lowest BCUT2D eigenvalue weighted by Gasteiger charge is -2.15. The molecule has 56 valence electrons. The Bertz CT molecular complexity index is 153. The van der Waals surface area contributed by atoms with Gasteiger partial charge >= 0.3 is 0 Å². The summed E-state index contributed by atoms with van der Waals surface area (Å²) in [5.41, 5.74) is 1.11. The van der Waals surface area contributed by atoms with E-state index < -0.39 is 0 Å². The molecule has 0 spiro atoms. The van der Waals surface area contributed by atoms with E-state index in [2.05, 4.69) is 5.32 Å². The van der Waals surface area contributed by atoms with E-state index in [1.807, 2.05) is 0 Å². The highest BCUT2D eigenvalue weighted by Gasteiger charge is 2.03. The van der Waals surface area contributed by atoms with E-state index in [-0.39, 0.29) is 5.78 Å². The Labute approximate surface area is 61.3 Å². The number of hydrogen-bond acceptors (Lipinski definition) is 2. The number of rotatable bonds is 1. The molecule has 2 nitrogen and oxygen atoms in total. The second-order valence-electron chi connectivity index (χ2n) is 2.66. The van der Waals surface area contributed by atoms with Crippen LogP contribution < -0.4 is 5.32 Å². The Morgan fingerprint density at radius 2 is 2.40 bits per heavy atom. The van der Waals surface area contributed by atoms with Crippen LogP contribution in [-0.4, -0.2) is 12.3 Å². The van der Waals surface area contributed by atoms with E-state index >= 15 is 0 Å². The van der Waals surface area contributed by atoms with E-state index in [1.54, 1.807) is 13.0 Å². The van der Waals surface area contributed by atoms with Gasteiger partial charge in [-0.15, -0.1) is 0 Å². The van der Waals surface area contributed by atoms with Crippen LogP contribution in [0.5, 0.6) is 0 Å². The van der Waals surface area contributed by atoms with E-state index in [0.717, 1.165) is 18.7 Å². The van der Waals surface area contributed by atoms with Gasteiger partial charge in [-0.2, -0.15) is 0 Å². The number of carbonyl (C=O) groups is 1. The first-order chi connectivity index (χ1) is 4.79. The van der Waals surface area contributed by atoms with E-state index in [1.165, 1.54) is 12.8 Å². The highest BCUT2D eigenvalue weighted by Crippen LogP contribution is 2.09. The molecule has 0 atom stereocenters. The maximum Gasteiger partial charge on any atom is 0.154 e. The summed E-state index contributed by atoms with van der Waals surface area (Å²) in [4.78, 5) is 10.6. The van der Waals surface area contributed by atoms with Crippen molar-refractivity contribution in [2.24, 2.45) is 0 Å². The number of allylic oxidation sites excluding steroid dienone is 2. The van der Waals surface area contributed by atoms with Crippen LogP contribution >= 0.6 is 0 Å². The van der Waals surface area contributed by atoms with Gasteiger partial charge in [0.1, 0.15) is 0 Å². The Morgan fingerprint density at radius 3 is 2.90 bits per heavy atom. The molecule has 0 aromatic carbocycles. The third kappa shape index (κ3) is 2.21. The maximum atomic E-state index is 10.6. The Morgan fingerprint density at radius 1 is 1.60 bits per heavy atom. The smallest absolute Gasteiger partial charge is 0.154 e. The first kappa shape index (κ1) is 7.32. The molecular formula is C8H13NO. The summed E-state index contributed by atoms with van der Waals surface area (Å²) in [6, 6.07) is 0. The minimum atomic E-state index is 0.143. The van der Waals surface area contributed by atoms with Crippen LogP contribution in [0.4, 0.5) is 0 Å². The number of carbonyl (C=O) groups excluding carboxylic acids is 1. The van der Waals surface area contributed by atoms with E-state index in [4.69, 9.17) is 0 Å². The normalized spacial score (nSPS) is 22.3. The minimum absolute atomic E-state index is 0.143. The van der Waals surface area contributed by atoms with Crippen molar-refractivity contribution in [3.8, 4) is 0 Å². The standard InChI is InChI=1S/C8H13NO/c1-7(10)6-8-4-2-3-5-9-8/h6,9H,2-5H2,1H3. The van der Waals surface area contributed by atoms with E-state index in [0.29, 0.717) is 0 Å². The third-order valence-electron chi connectivity index (χ3n) is 1.60. The lowest BCUT2D eigenvalue weighted by Crippen LogP contribution is -2.20. The Hall–Kier alpha value is -0.790. The molecule has 1 rings (SSSR count). The quantitative estimate of drug-likeness (QED) is 0.554. The van der Waals surface area contributed by atoms with Crippen molar-refractivity contribution in [1.29, 1.82) is 0 Å². The molecule has 0 aliphatic carbocycles. The lowest BCUT2D eigenvalue weighted by atomic mass is 10.1. The van der Waals surface area contributed by atoms with Crippen LogP contribution in [0.15, 0.2) is 11.8 Å². The van der Waals surface area contributed by atoms with Gasteiger partial charge in [-0.25, -0.2) is 0 Å². The first-order valence-corrected chi connectivity index (χ1v) is 3.74.